The molecular formula is C12H19NO2. The van der Waals surface area contributed by atoms with Gasteiger partial charge in [-0.2, -0.15) is 0 Å². The molecule has 1 atom stereocenters. The van der Waals surface area contributed by atoms with Crippen LogP contribution in [0.2, 0.25) is 0 Å². The van der Waals surface area contributed by atoms with Gasteiger partial charge in [0, 0.05) is 11.5 Å². The van der Waals surface area contributed by atoms with Crippen LogP contribution in [0.4, 0.5) is 0 Å². The predicted octanol–water partition coefficient (Wildman–Crippen LogP) is 2.37. The Morgan fingerprint density at radius 1 is 1.53 bits per heavy atom. The van der Waals surface area contributed by atoms with E-state index in [9.17, 15) is 4.79 Å². The van der Waals surface area contributed by atoms with E-state index in [0.29, 0.717) is 0 Å². The number of nitrogens with one attached hydrogen (secondary N) is 1. The fourth-order valence-corrected chi connectivity index (χ4v) is 1.25. The van der Waals surface area contributed by atoms with Crippen LogP contribution in [-0.4, -0.2) is 11.9 Å². The van der Waals surface area contributed by atoms with Crippen molar-refractivity contribution < 1.29 is 9.21 Å². The molecule has 0 fully saturated rings. The monoisotopic (exact) mass is 209 g/mol. The summed E-state index contributed by atoms with van der Waals surface area (Å²) in [7, 11) is 0. The van der Waals surface area contributed by atoms with Gasteiger partial charge in [0.1, 0.15) is 0 Å². The molecule has 0 aliphatic rings. The van der Waals surface area contributed by atoms with Gasteiger partial charge in [0.25, 0.3) is 0 Å². The second kappa shape index (κ2) is 4.51. The van der Waals surface area contributed by atoms with E-state index in [1.54, 1.807) is 12.5 Å². The molecule has 1 rings (SSSR count). The molecule has 1 N–H and O–H groups in total. The van der Waals surface area contributed by atoms with Gasteiger partial charge >= 0.3 is 0 Å². The molecule has 0 aliphatic carbocycles. The molecule has 15 heavy (non-hydrogen) atoms. The molecule has 1 amide bonds. The lowest BCUT2D eigenvalue weighted by molar-refractivity contribution is -0.129. The predicted molar refractivity (Wildman–Crippen MR) is 59.5 cm³/mol. The Kier molecular flexibility index (Phi) is 3.56. The molecule has 0 aliphatic heterocycles. The van der Waals surface area contributed by atoms with Gasteiger partial charge in [0.05, 0.1) is 12.5 Å². The first-order valence-corrected chi connectivity index (χ1v) is 5.21. The van der Waals surface area contributed by atoms with E-state index in [1.807, 2.05) is 33.8 Å². The quantitative estimate of drug-likeness (QED) is 0.830. The number of carbonyl (C=O) groups is 1. The lowest BCUT2D eigenvalue weighted by Crippen LogP contribution is -2.41. The van der Waals surface area contributed by atoms with Crippen LogP contribution >= 0.6 is 0 Å². The summed E-state index contributed by atoms with van der Waals surface area (Å²) in [5.74, 6) is 0.0819. The van der Waals surface area contributed by atoms with Gasteiger partial charge in [0.15, 0.2) is 0 Å². The van der Waals surface area contributed by atoms with Crippen molar-refractivity contribution in [3.63, 3.8) is 0 Å². The largest absolute Gasteiger partial charge is 0.472 e. The first-order chi connectivity index (χ1) is 6.89. The molecule has 1 aromatic heterocycles. The van der Waals surface area contributed by atoms with Crippen molar-refractivity contribution in [2.75, 3.05) is 0 Å². The van der Waals surface area contributed by atoms with Gasteiger partial charge in [-0.1, -0.05) is 20.8 Å². The fourth-order valence-electron chi connectivity index (χ4n) is 1.25. The Balaban J connectivity index is 2.43. The molecule has 0 aromatic carbocycles. The van der Waals surface area contributed by atoms with Crippen LogP contribution in [0.3, 0.4) is 0 Å². The Hall–Kier alpha value is -1.25. The first kappa shape index (κ1) is 11.8. The zero-order valence-electron chi connectivity index (χ0n) is 9.83. The zero-order valence-corrected chi connectivity index (χ0v) is 9.83. The Morgan fingerprint density at radius 2 is 2.20 bits per heavy atom. The topological polar surface area (TPSA) is 42.2 Å². The summed E-state index contributed by atoms with van der Waals surface area (Å²) >= 11 is 0. The average molecular weight is 209 g/mol. The van der Waals surface area contributed by atoms with Gasteiger partial charge in [-0.25, -0.2) is 0 Å². The maximum Gasteiger partial charge on any atom is 0.225 e. The molecule has 1 heterocycles. The van der Waals surface area contributed by atoms with Crippen LogP contribution in [0.15, 0.2) is 23.0 Å². The minimum Gasteiger partial charge on any atom is -0.472 e. The highest BCUT2D eigenvalue weighted by Gasteiger charge is 2.22. The fraction of sp³-hybridized carbons (Fsp3) is 0.583. The van der Waals surface area contributed by atoms with Crippen LogP contribution in [0.5, 0.6) is 0 Å². The second-order valence-electron chi connectivity index (χ2n) is 4.96. The lowest BCUT2D eigenvalue weighted by atomic mass is 9.95. The van der Waals surface area contributed by atoms with Crippen LogP contribution in [0, 0.1) is 5.41 Å². The van der Waals surface area contributed by atoms with Gasteiger partial charge < -0.3 is 9.73 Å². The first-order valence-electron chi connectivity index (χ1n) is 5.21. The van der Waals surface area contributed by atoms with E-state index >= 15 is 0 Å². The van der Waals surface area contributed by atoms with E-state index in [-0.39, 0.29) is 17.4 Å². The molecule has 84 valence electrons. The molecule has 3 heteroatoms. The summed E-state index contributed by atoms with van der Waals surface area (Å²) in [5.41, 5.74) is 0.779. The van der Waals surface area contributed by atoms with Crippen LogP contribution < -0.4 is 5.32 Å². The number of furan rings is 1. The number of rotatable bonds is 3. The van der Waals surface area contributed by atoms with Gasteiger partial charge in [-0.15, -0.1) is 0 Å². The molecular weight excluding hydrogens is 190 g/mol. The molecule has 0 saturated carbocycles. The van der Waals surface area contributed by atoms with E-state index in [1.165, 1.54) is 0 Å². The Morgan fingerprint density at radius 3 is 2.67 bits per heavy atom. The molecule has 0 unspecified atom stereocenters. The highest BCUT2D eigenvalue weighted by Crippen LogP contribution is 2.13. The van der Waals surface area contributed by atoms with Crippen molar-refractivity contribution in [2.24, 2.45) is 5.41 Å². The van der Waals surface area contributed by atoms with Gasteiger partial charge in [-0.05, 0) is 25.0 Å². The highest BCUT2D eigenvalue weighted by atomic mass is 16.3. The maximum atomic E-state index is 11.7. The van der Waals surface area contributed by atoms with E-state index in [2.05, 4.69) is 5.32 Å². The normalized spacial score (nSPS) is 13.6. The standard InChI is InChI=1S/C12H19NO2/c1-9(7-10-5-6-15-8-10)13-11(14)12(2,3)4/h5-6,8-9H,7H2,1-4H3,(H,13,14)/t9-/m1/s1. The van der Waals surface area contributed by atoms with Gasteiger partial charge in [-0.3, -0.25) is 4.79 Å². The van der Waals surface area contributed by atoms with Crippen molar-refractivity contribution in [3.05, 3.63) is 24.2 Å². The van der Waals surface area contributed by atoms with Crippen LogP contribution in [0.1, 0.15) is 33.3 Å². The summed E-state index contributed by atoms with van der Waals surface area (Å²) in [6, 6.07) is 2.05. The minimum atomic E-state index is -0.329. The van der Waals surface area contributed by atoms with Crippen LogP contribution in [0.25, 0.3) is 0 Å². The van der Waals surface area contributed by atoms with Crippen LogP contribution in [-0.2, 0) is 11.2 Å². The van der Waals surface area contributed by atoms with E-state index in [0.717, 1.165) is 12.0 Å². The highest BCUT2D eigenvalue weighted by molar-refractivity contribution is 5.81. The van der Waals surface area contributed by atoms with Crippen molar-refractivity contribution in [3.8, 4) is 0 Å². The smallest absolute Gasteiger partial charge is 0.225 e. The molecule has 0 radical (unpaired) electrons. The molecule has 0 spiro atoms. The SMILES string of the molecule is C[C@H](Cc1ccoc1)NC(=O)C(C)(C)C. The molecule has 0 saturated heterocycles. The third kappa shape index (κ3) is 3.78. The third-order valence-electron chi connectivity index (χ3n) is 2.18. The van der Waals surface area contributed by atoms with Crippen molar-refractivity contribution in [1.82, 2.24) is 5.32 Å². The molecule has 1 aromatic rings. The number of hydrogen-bond acceptors (Lipinski definition) is 2. The van der Waals surface area contributed by atoms with E-state index < -0.39 is 0 Å². The second-order valence-corrected chi connectivity index (χ2v) is 4.96. The van der Waals surface area contributed by atoms with Crippen molar-refractivity contribution >= 4 is 5.91 Å². The summed E-state index contributed by atoms with van der Waals surface area (Å²) in [6.07, 6.45) is 4.16. The number of carbonyl (C=O) groups excluding carboxylic acids is 1. The van der Waals surface area contributed by atoms with Crippen molar-refractivity contribution in [2.45, 2.75) is 40.2 Å². The third-order valence-corrected chi connectivity index (χ3v) is 2.18. The summed E-state index contributed by atoms with van der Waals surface area (Å²) in [5, 5.41) is 2.98. The summed E-state index contributed by atoms with van der Waals surface area (Å²) < 4.78 is 4.97. The number of amides is 1. The zero-order chi connectivity index (χ0) is 11.5. The summed E-state index contributed by atoms with van der Waals surface area (Å²) in [4.78, 5) is 11.7. The molecule has 3 nitrogen and oxygen atoms in total. The molecule has 0 bridgehead atoms. The van der Waals surface area contributed by atoms with Crippen molar-refractivity contribution in [1.29, 1.82) is 0 Å². The van der Waals surface area contributed by atoms with Gasteiger partial charge in [0.2, 0.25) is 5.91 Å². The van der Waals surface area contributed by atoms with E-state index in [4.69, 9.17) is 4.42 Å². The summed E-state index contributed by atoms with van der Waals surface area (Å²) in [6.45, 7) is 7.73. The average Bonchev–Trinajstić information content (AvgIpc) is 2.54. The lowest BCUT2D eigenvalue weighted by Gasteiger charge is -2.21. The Labute approximate surface area is 90.9 Å². The number of hydrogen-bond donors (Lipinski definition) is 1. The maximum absolute atomic E-state index is 11.7. The minimum absolute atomic E-state index is 0.0819. The Bertz CT molecular complexity index is 309.